The normalized spacial score (nSPS) is 23.0. The first-order valence-electron chi connectivity index (χ1n) is 6.86. The summed E-state index contributed by atoms with van der Waals surface area (Å²) in [5.41, 5.74) is -0.255. The predicted molar refractivity (Wildman–Crippen MR) is 80.2 cm³/mol. The van der Waals surface area contributed by atoms with Crippen molar-refractivity contribution < 1.29 is 9.59 Å². The lowest BCUT2D eigenvalue weighted by molar-refractivity contribution is -0.138. The highest BCUT2D eigenvalue weighted by Gasteiger charge is 2.38. The van der Waals surface area contributed by atoms with Gasteiger partial charge in [-0.25, -0.2) is 0 Å². The van der Waals surface area contributed by atoms with Gasteiger partial charge in [0.25, 0.3) is 0 Å². The lowest BCUT2D eigenvalue weighted by Crippen LogP contribution is -2.53. The zero-order chi connectivity index (χ0) is 14.6. The number of rotatable bonds is 4. The van der Waals surface area contributed by atoms with Gasteiger partial charge in [0.1, 0.15) is 6.04 Å². The fourth-order valence-electron chi connectivity index (χ4n) is 2.26. The number of nitrogens with one attached hydrogen (secondary N) is 1. The molecule has 2 atom stereocenters. The summed E-state index contributed by atoms with van der Waals surface area (Å²) in [6, 6.07) is -0.225. The molecule has 4 nitrogen and oxygen atoms in total. The molecular weight excluding hydrogens is 260 g/mol. The number of amides is 2. The third kappa shape index (κ3) is 4.41. The molecule has 0 bridgehead atoms. The maximum atomic E-state index is 12.6. The van der Waals surface area contributed by atoms with Crippen LogP contribution >= 0.6 is 11.8 Å². The standard InChI is InChI=1S/C14H26N2O2S/c1-10(7-9-19-5)16-8-6-11(17)15-12(13(16)18)14(2,3)4/h10,12H,6-9H2,1-5H3,(H,15,17). The molecule has 0 aromatic carbocycles. The van der Waals surface area contributed by atoms with E-state index in [4.69, 9.17) is 0 Å². The molecule has 2 unspecified atom stereocenters. The van der Waals surface area contributed by atoms with Crippen molar-refractivity contribution in [2.75, 3.05) is 18.6 Å². The molecule has 0 aliphatic carbocycles. The Morgan fingerprint density at radius 3 is 2.58 bits per heavy atom. The van der Waals surface area contributed by atoms with Crippen LogP contribution in [0.4, 0.5) is 0 Å². The minimum absolute atomic E-state index is 0.0205. The molecular formula is C14H26N2O2S. The zero-order valence-corrected chi connectivity index (χ0v) is 13.5. The molecule has 1 fully saturated rings. The van der Waals surface area contributed by atoms with Crippen molar-refractivity contribution in [3.8, 4) is 0 Å². The van der Waals surface area contributed by atoms with E-state index in [9.17, 15) is 9.59 Å². The Morgan fingerprint density at radius 2 is 2.05 bits per heavy atom. The maximum Gasteiger partial charge on any atom is 0.245 e. The molecule has 1 N–H and O–H groups in total. The molecule has 1 rings (SSSR count). The summed E-state index contributed by atoms with van der Waals surface area (Å²) >= 11 is 1.79. The van der Waals surface area contributed by atoms with Crippen LogP contribution in [0.15, 0.2) is 0 Å². The highest BCUT2D eigenvalue weighted by atomic mass is 32.2. The third-order valence-electron chi connectivity index (χ3n) is 3.55. The Hall–Kier alpha value is -0.710. The van der Waals surface area contributed by atoms with Crippen LogP contribution < -0.4 is 5.32 Å². The molecule has 0 aromatic heterocycles. The van der Waals surface area contributed by atoms with Gasteiger partial charge >= 0.3 is 0 Å². The van der Waals surface area contributed by atoms with Gasteiger partial charge in [-0.3, -0.25) is 9.59 Å². The molecule has 0 spiro atoms. The Labute approximate surface area is 120 Å². The van der Waals surface area contributed by atoms with Gasteiger partial charge < -0.3 is 10.2 Å². The summed E-state index contributed by atoms with van der Waals surface area (Å²) < 4.78 is 0. The minimum Gasteiger partial charge on any atom is -0.344 e. The van der Waals surface area contributed by atoms with E-state index in [1.54, 1.807) is 11.8 Å². The lowest BCUT2D eigenvalue weighted by atomic mass is 9.85. The van der Waals surface area contributed by atoms with Crippen molar-refractivity contribution in [3.05, 3.63) is 0 Å². The second-order valence-electron chi connectivity index (χ2n) is 6.28. The SMILES string of the molecule is CSCCC(C)N1CCC(=O)NC(C(C)(C)C)C1=O. The second-order valence-corrected chi connectivity index (χ2v) is 7.26. The largest absolute Gasteiger partial charge is 0.344 e. The van der Waals surface area contributed by atoms with Crippen LogP contribution in [0.5, 0.6) is 0 Å². The first-order valence-corrected chi connectivity index (χ1v) is 8.25. The van der Waals surface area contributed by atoms with E-state index in [1.165, 1.54) is 0 Å². The number of thioether (sulfide) groups is 1. The highest BCUT2D eigenvalue weighted by Crippen LogP contribution is 2.24. The van der Waals surface area contributed by atoms with E-state index in [2.05, 4.69) is 18.5 Å². The van der Waals surface area contributed by atoms with Crippen LogP contribution in [0.25, 0.3) is 0 Å². The molecule has 1 aliphatic rings. The summed E-state index contributed by atoms with van der Waals surface area (Å²) in [6.07, 6.45) is 3.44. The van der Waals surface area contributed by atoms with Crippen LogP contribution in [-0.2, 0) is 9.59 Å². The van der Waals surface area contributed by atoms with Crippen LogP contribution in [0.1, 0.15) is 40.5 Å². The molecule has 0 aromatic rings. The molecule has 0 saturated carbocycles. The summed E-state index contributed by atoms with van der Waals surface area (Å²) in [5, 5.41) is 2.87. The zero-order valence-electron chi connectivity index (χ0n) is 12.7. The lowest BCUT2D eigenvalue weighted by Gasteiger charge is -2.35. The summed E-state index contributed by atoms with van der Waals surface area (Å²) in [5.74, 6) is 1.08. The van der Waals surface area contributed by atoms with Gasteiger partial charge in [-0.05, 0) is 30.8 Å². The fraction of sp³-hybridized carbons (Fsp3) is 0.857. The Bertz CT molecular complexity index is 339. The third-order valence-corrected chi connectivity index (χ3v) is 4.20. The Balaban J connectivity index is 2.86. The van der Waals surface area contributed by atoms with Gasteiger partial charge in [0.2, 0.25) is 11.8 Å². The number of hydrogen-bond acceptors (Lipinski definition) is 3. The second kappa shape index (κ2) is 6.64. The first kappa shape index (κ1) is 16.3. The van der Waals surface area contributed by atoms with Crippen molar-refractivity contribution in [1.29, 1.82) is 0 Å². The van der Waals surface area contributed by atoms with E-state index in [0.29, 0.717) is 13.0 Å². The summed E-state index contributed by atoms with van der Waals surface area (Å²) in [7, 11) is 0. The minimum atomic E-state index is -0.417. The monoisotopic (exact) mass is 286 g/mol. The summed E-state index contributed by atoms with van der Waals surface area (Å²) in [6.45, 7) is 8.58. The molecule has 110 valence electrons. The maximum absolute atomic E-state index is 12.6. The molecule has 1 heterocycles. The van der Waals surface area contributed by atoms with Gasteiger partial charge in [0.05, 0.1) is 0 Å². The van der Waals surface area contributed by atoms with Crippen LogP contribution in [-0.4, -0.2) is 47.4 Å². The molecule has 2 amide bonds. The van der Waals surface area contributed by atoms with E-state index >= 15 is 0 Å². The molecule has 5 heteroatoms. The van der Waals surface area contributed by atoms with Crippen molar-refractivity contribution in [1.82, 2.24) is 10.2 Å². The predicted octanol–water partition coefficient (Wildman–Crippen LogP) is 1.89. The van der Waals surface area contributed by atoms with Gasteiger partial charge in [-0.2, -0.15) is 11.8 Å². The Kier molecular flexibility index (Phi) is 5.71. The van der Waals surface area contributed by atoms with Crippen molar-refractivity contribution in [2.24, 2.45) is 5.41 Å². The van der Waals surface area contributed by atoms with Gasteiger partial charge in [0, 0.05) is 19.0 Å². The van der Waals surface area contributed by atoms with Crippen molar-refractivity contribution in [2.45, 2.75) is 52.6 Å². The summed E-state index contributed by atoms with van der Waals surface area (Å²) in [4.78, 5) is 26.3. The van der Waals surface area contributed by atoms with Crippen molar-refractivity contribution >= 4 is 23.6 Å². The van der Waals surface area contributed by atoms with E-state index in [-0.39, 0.29) is 23.3 Å². The fourth-order valence-corrected chi connectivity index (χ4v) is 2.84. The van der Waals surface area contributed by atoms with Crippen molar-refractivity contribution in [3.63, 3.8) is 0 Å². The first-order chi connectivity index (χ1) is 8.77. The van der Waals surface area contributed by atoms with Crippen LogP contribution in [0, 0.1) is 5.41 Å². The van der Waals surface area contributed by atoms with E-state index < -0.39 is 6.04 Å². The molecule has 19 heavy (non-hydrogen) atoms. The Morgan fingerprint density at radius 1 is 1.42 bits per heavy atom. The van der Waals surface area contributed by atoms with E-state index in [0.717, 1.165) is 12.2 Å². The number of carbonyl (C=O) groups excluding carboxylic acids is 2. The quantitative estimate of drug-likeness (QED) is 0.858. The number of carbonyl (C=O) groups is 2. The average molecular weight is 286 g/mol. The van der Waals surface area contributed by atoms with Gasteiger partial charge in [-0.1, -0.05) is 20.8 Å². The number of hydrogen-bond donors (Lipinski definition) is 1. The average Bonchev–Trinajstić information content (AvgIpc) is 2.45. The molecule has 1 aliphatic heterocycles. The topological polar surface area (TPSA) is 49.4 Å². The molecule has 0 radical (unpaired) electrons. The van der Waals surface area contributed by atoms with Gasteiger partial charge in [-0.15, -0.1) is 0 Å². The number of nitrogens with zero attached hydrogens (tertiary/aromatic N) is 1. The smallest absolute Gasteiger partial charge is 0.245 e. The molecule has 1 saturated heterocycles. The highest BCUT2D eigenvalue weighted by molar-refractivity contribution is 7.98. The van der Waals surface area contributed by atoms with E-state index in [1.807, 2.05) is 25.7 Å². The van der Waals surface area contributed by atoms with Crippen LogP contribution in [0.2, 0.25) is 0 Å². The van der Waals surface area contributed by atoms with Gasteiger partial charge in [0.15, 0.2) is 0 Å². The van der Waals surface area contributed by atoms with Crippen LogP contribution in [0.3, 0.4) is 0 Å².